The third-order valence-electron chi connectivity index (χ3n) is 4.64. The van der Waals surface area contributed by atoms with Crippen LogP contribution < -0.4 is 5.32 Å². The van der Waals surface area contributed by atoms with E-state index in [4.69, 9.17) is 4.52 Å². The zero-order chi connectivity index (χ0) is 19.0. The summed E-state index contributed by atoms with van der Waals surface area (Å²) in [5.74, 6) is 0.328. The predicted molar refractivity (Wildman–Crippen MR) is 104 cm³/mol. The molecule has 0 aliphatic carbocycles. The van der Waals surface area contributed by atoms with Crippen LogP contribution in [0.25, 0.3) is 11.1 Å². The van der Waals surface area contributed by atoms with Crippen LogP contribution in [0.15, 0.2) is 28.8 Å². The Hall–Kier alpha value is -2.69. The van der Waals surface area contributed by atoms with Crippen molar-refractivity contribution in [3.63, 3.8) is 0 Å². The van der Waals surface area contributed by atoms with Crippen molar-refractivity contribution in [3.05, 3.63) is 52.3 Å². The van der Waals surface area contributed by atoms with Crippen LogP contribution in [0.5, 0.6) is 0 Å². The van der Waals surface area contributed by atoms with E-state index in [1.165, 1.54) is 0 Å². The van der Waals surface area contributed by atoms with E-state index in [0.717, 1.165) is 22.5 Å². The van der Waals surface area contributed by atoms with Gasteiger partial charge < -0.3 is 9.84 Å². The second-order valence-corrected chi connectivity index (χ2v) is 7.35. The molecule has 5 nitrogen and oxygen atoms in total. The van der Waals surface area contributed by atoms with Gasteiger partial charge in [-0.15, -0.1) is 0 Å². The summed E-state index contributed by atoms with van der Waals surface area (Å²) in [6, 6.07) is 7.93. The van der Waals surface area contributed by atoms with Crippen LogP contribution in [0.2, 0.25) is 0 Å². The number of carbonyl (C=O) groups is 1. The first-order chi connectivity index (χ1) is 12.3. The summed E-state index contributed by atoms with van der Waals surface area (Å²) in [6.07, 6.45) is 0. The molecule has 3 aromatic rings. The largest absolute Gasteiger partial charge is 0.336 e. The van der Waals surface area contributed by atoms with Gasteiger partial charge in [0, 0.05) is 11.4 Å². The van der Waals surface area contributed by atoms with Crippen molar-refractivity contribution >= 4 is 22.7 Å². The Labute approximate surface area is 153 Å². The molecular weight excluding hydrogens is 326 g/mol. The predicted octanol–water partition coefficient (Wildman–Crippen LogP) is 5.34. The minimum Gasteiger partial charge on any atom is -0.336 e. The van der Waals surface area contributed by atoms with E-state index in [2.05, 4.69) is 35.4 Å². The fourth-order valence-electron chi connectivity index (χ4n) is 3.11. The lowest BCUT2D eigenvalue weighted by Gasteiger charge is -2.17. The average Bonchev–Trinajstić information content (AvgIpc) is 2.96. The Balaban J connectivity index is 2.11. The number of aromatic nitrogens is 2. The fourth-order valence-corrected chi connectivity index (χ4v) is 3.11. The first-order valence-electron chi connectivity index (χ1n) is 8.97. The molecule has 0 bridgehead atoms. The normalized spacial score (nSPS) is 11.5. The van der Waals surface area contributed by atoms with Gasteiger partial charge in [-0.25, -0.2) is 4.98 Å². The molecule has 0 aliphatic heterocycles. The van der Waals surface area contributed by atoms with Crippen LogP contribution in [0.4, 0.5) is 5.69 Å². The van der Waals surface area contributed by atoms with E-state index in [0.29, 0.717) is 28.3 Å². The Morgan fingerprint density at radius 2 is 1.85 bits per heavy atom. The number of rotatable bonds is 4. The van der Waals surface area contributed by atoms with Crippen LogP contribution in [0, 0.1) is 13.8 Å². The highest BCUT2D eigenvalue weighted by Crippen LogP contribution is 2.30. The van der Waals surface area contributed by atoms with E-state index in [9.17, 15) is 4.79 Å². The van der Waals surface area contributed by atoms with Crippen molar-refractivity contribution in [2.75, 3.05) is 5.32 Å². The van der Waals surface area contributed by atoms with Gasteiger partial charge in [0.2, 0.25) is 0 Å². The minimum atomic E-state index is -0.165. The molecule has 2 heterocycles. The summed E-state index contributed by atoms with van der Waals surface area (Å²) in [7, 11) is 0. The Morgan fingerprint density at radius 1 is 1.12 bits per heavy atom. The maximum absolute atomic E-state index is 13.2. The van der Waals surface area contributed by atoms with Gasteiger partial charge >= 0.3 is 0 Å². The number of hydrogen-bond acceptors (Lipinski definition) is 4. The van der Waals surface area contributed by atoms with Gasteiger partial charge in [-0.2, -0.15) is 0 Å². The molecule has 1 aromatic carbocycles. The van der Waals surface area contributed by atoms with Crippen LogP contribution in [0.3, 0.4) is 0 Å². The van der Waals surface area contributed by atoms with Crippen molar-refractivity contribution in [3.8, 4) is 0 Å². The molecule has 136 valence electrons. The molecular formula is C21H25N3O2. The van der Waals surface area contributed by atoms with Gasteiger partial charge in [-0.05, 0) is 42.9 Å². The average molecular weight is 351 g/mol. The number of nitrogens with one attached hydrogen (secondary N) is 1. The van der Waals surface area contributed by atoms with Crippen molar-refractivity contribution in [2.45, 2.75) is 53.4 Å². The molecule has 0 atom stereocenters. The van der Waals surface area contributed by atoms with Gasteiger partial charge in [-0.3, -0.25) is 4.79 Å². The highest BCUT2D eigenvalue weighted by atomic mass is 16.5. The van der Waals surface area contributed by atoms with Gasteiger partial charge in [0.1, 0.15) is 0 Å². The second kappa shape index (κ2) is 6.90. The summed E-state index contributed by atoms with van der Waals surface area (Å²) < 4.78 is 5.33. The van der Waals surface area contributed by atoms with Gasteiger partial charge in [-0.1, -0.05) is 51.1 Å². The summed E-state index contributed by atoms with van der Waals surface area (Å²) in [5.41, 5.74) is 5.48. The van der Waals surface area contributed by atoms with Crippen LogP contribution in [0.1, 0.15) is 72.4 Å². The molecule has 5 heteroatoms. The maximum atomic E-state index is 13.2. The highest BCUT2D eigenvalue weighted by molar-refractivity contribution is 6.12. The number of pyridine rings is 1. The lowest BCUT2D eigenvalue weighted by atomic mass is 9.97. The Bertz CT molecular complexity index is 971. The number of benzene rings is 1. The quantitative estimate of drug-likeness (QED) is 0.689. The van der Waals surface area contributed by atoms with Crippen LogP contribution >= 0.6 is 0 Å². The molecule has 1 N–H and O–H groups in total. The summed E-state index contributed by atoms with van der Waals surface area (Å²) in [4.78, 5) is 17.7. The molecule has 2 aromatic heterocycles. The number of para-hydroxylation sites is 1. The van der Waals surface area contributed by atoms with E-state index in [-0.39, 0.29) is 11.8 Å². The SMILES string of the molecule is Cc1cccc(C(C)C)c1NC(=O)c1cc(C(C)C)nc2onc(C)c12. The van der Waals surface area contributed by atoms with E-state index < -0.39 is 0 Å². The number of fused-ring (bicyclic) bond motifs is 1. The molecule has 0 radical (unpaired) electrons. The number of carbonyl (C=O) groups excluding carboxylic acids is 1. The minimum absolute atomic E-state index is 0.165. The van der Waals surface area contributed by atoms with Crippen molar-refractivity contribution in [1.29, 1.82) is 0 Å². The number of amides is 1. The van der Waals surface area contributed by atoms with Crippen LogP contribution in [-0.4, -0.2) is 16.0 Å². The molecule has 0 aliphatic rings. The van der Waals surface area contributed by atoms with Crippen molar-refractivity contribution in [2.24, 2.45) is 0 Å². The smallest absolute Gasteiger partial charge is 0.259 e. The Kier molecular flexibility index (Phi) is 4.81. The topological polar surface area (TPSA) is 68.0 Å². The fraction of sp³-hybridized carbons (Fsp3) is 0.381. The molecule has 3 rings (SSSR count). The highest BCUT2D eigenvalue weighted by Gasteiger charge is 2.21. The maximum Gasteiger partial charge on any atom is 0.259 e. The summed E-state index contributed by atoms with van der Waals surface area (Å²) in [6.45, 7) is 12.2. The first kappa shape index (κ1) is 18.1. The van der Waals surface area contributed by atoms with Gasteiger partial charge in [0.15, 0.2) is 0 Å². The molecule has 0 spiro atoms. The van der Waals surface area contributed by atoms with E-state index >= 15 is 0 Å². The van der Waals surface area contributed by atoms with E-state index in [1.807, 2.05) is 45.9 Å². The zero-order valence-corrected chi connectivity index (χ0v) is 16.2. The zero-order valence-electron chi connectivity index (χ0n) is 16.2. The third-order valence-corrected chi connectivity index (χ3v) is 4.64. The number of hydrogen-bond donors (Lipinski definition) is 1. The standard InChI is InChI=1S/C21H25N3O2/c1-11(2)15-9-7-8-13(5)19(15)23-20(25)16-10-17(12(3)4)22-21-18(16)14(6)24-26-21/h7-12H,1-6H3,(H,23,25). The molecule has 0 saturated heterocycles. The van der Waals surface area contributed by atoms with Crippen LogP contribution in [-0.2, 0) is 0 Å². The second-order valence-electron chi connectivity index (χ2n) is 7.35. The van der Waals surface area contributed by atoms with Crippen molar-refractivity contribution < 1.29 is 9.32 Å². The number of anilines is 1. The molecule has 0 fully saturated rings. The first-order valence-corrected chi connectivity index (χ1v) is 8.97. The lowest BCUT2D eigenvalue weighted by molar-refractivity contribution is 0.102. The number of nitrogens with zero attached hydrogens (tertiary/aromatic N) is 2. The Morgan fingerprint density at radius 3 is 2.50 bits per heavy atom. The summed E-state index contributed by atoms with van der Waals surface area (Å²) in [5, 5.41) is 7.78. The third kappa shape index (κ3) is 3.21. The van der Waals surface area contributed by atoms with Gasteiger partial charge in [0.25, 0.3) is 11.6 Å². The monoisotopic (exact) mass is 351 g/mol. The van der Waals surface area contributed by atoms with Gasteiger partial charge in [0.05, 0.1) is 16.6 Å². The lowest BCUT2D eigenvalue weighted by Crippen LogP contribution is -2.16. The molecule has 26 heavy (non-hydrogen) atoms. The molecule has 0 unspecified atom stereocenters. The van der Waals surface area contributed by atoms with Crippen molar-refractivity contribution in [1.82, 2.24) is 10.1 Å². The number of aryl methyl sites for hydroxylation is 2. The molecule has 0 saturated carbocycles. The molecule has 1 amide bonds. The van der Waals surface area contributed by atoms with E-state index in [1.54, 1.807) is 0 Å². The summed E-state index contributed by atoms with van der Waals surface area (Å²) >= 11 is 0.